The monoisotopic (exact) mass is 218 g/mol. The van der Waals surface area contributed by atoms with E-state index in [2.05, 4.69) is 23.4 Å². The molecule has 0 N–H and O–H groups in total. The van der Waals surface area contributed by atoms with Crippen LogP contribution in [-0.2, 0) is 6.54 Å². The minimum Gasteiger partial charge on any atom is -0.467 e. The van der Waals surface area contributed by atoms with Crippen LogP contribution in [0.2, 0.25) is 0 Å². The number of nitrogens with zero attached hydrogens (tertiary/aromatic N) is 2. The van der Waals surface area contributed by atoms with Gasteiger partial charge in [0.1, 0.15) is 11.6 Å². The smallest absolute Gasteiger partial charge is 0.123 e. The van der Waals surface area contributed by atoms with E-state index in [4.69, 9.17) is 4.42 Å². The molecule has 0 unspecified atom stereocenters. The summed E-state index contributed by atoms with van der Waals surface area (Å²) < 4.78 is 7.52. The fraction of sp³-hybridized carbons (Fsp3) is 0.462. The number of hydrogen-bond acceptors (Lipinski definition) is 2. The zero-order chi connectivity index (χ0) is 11.4. The van der Waals surface area contributed by atoms with E-state index in [9.17, 15) is 0 Å². The Kier molecular flexibility index (Phi) is 3.44. The molecule has 3 heteroatoms. The fourth-order valence-electron chi connectivity index (χ4n) is 2.02. The standard InChI is InChI=1S/C13H18N2O/c1-3-5-11(2)13-14-7-8-15(13)10-12-6-4-9-16-12/h4,6-9,11H,3,5,10H2,1-2H3/t11-/m1/s1. The molecule has 3 nitrogen and oxygen atoms in total. The minimum absolute atomic E-state index is 0.509. The lowest BCUT2D eigenvalue weighted by molar-refractivity contribution is 0.481. The lowest BCUT2D eigenvalue weighted by Gasteiger charge is -2.12. The van der Waals surface area contributed by atoms with E-state index < -0.39 is 0 Å². The van der Waals surface area contributed by atoms with Crippen LogP contribution >= 0.6 is 0 Å². The highest BCUT2D eigenvalue weighted by molar-refractivity contribution is 5.05. The van der Waals surface area contributed by atoms with Gasteiger partial charge >= 0.3 is 0 Å². The SMILES string of the molecule is CCC[C@@H](C)c1nccn1Cc1ccco1. The van der Waals surface area contributed by atoms with E-state index in [-0.39, 0.29) is 0 Å². The van der Waals surface area contributed by atoms with Crippen molar-refractivity contribution in [1.29, 1.82) is 0 Å². The van der Waals surface area contributed by atoms with Crippen LogP contribution in [0.1, 0.15) is 44.2 Å². The van der Waals surface area contributed by atoms with Crippen LogP contribution in [0.3, 0.4) is 0 Å². The molecule has 0 spiro atoms. The molecule has 0 aromatic carbocycles. The van der Waals surface area contributed by atoms with Gasteiger partial charge in [-0.3, -0.25) is 0 Å². The molecule has 0 aliphatic heterocycles. The zero-order valence-electron chi connectivity index (χ0n) is 9.89. The Bertz CT molecular complexity index is 417. The van der Waals surface area contributed by atoms with E-state index in [1.54, 1.807) is 6.26 Å². The minimum atomic E-state index is 0.509. The van der Waals surface area contributed by atoms with Gasteiger partial charge in [0.2, 0.25) is 0 Å². The Labute approximate surface area is 96.1 Å². The van der Waals surface area contributed by atoms with Crippen LogP contribution in [0.4, 0.5) is 0 Å². The van der Waals surface area contributed by atoms with Gasteiger partial charge < -0.3 is 8.98 Å². The Balaban J connectivity index is 2.13. The predicted octanol–water partition coefficient (Wildman–Crippen LogP) is 3.43. The highest BCUT2D eigenvalue weighted by Gasteiger charge is 2.11. The Morgan fingerprint density at radius 1 is 1.50 bits per heavy atom. The van der Waals surface area contributed by atoms with Crippen LogP contribution in [0.25, 0.3) is 0 Å². The van der Waals surface area contributed by atoms with Crippen LogP contribution < -0.4 is 0 Å². The zero-order valence-corrected chi connectivity index (χ0v) is 9.89. The van der Waals surface area contributed by atoms with Crippen molar-refractivity contribution >= 4 is 0 Å². The molecule has 2 heterocycles. The number of furan rings is 1. The molecule has 0 saturated heterocycles. The fourth-order valence-corrected chi connectivity index (χ4v) is 2.02. The second-order valence-corrected chi connectivity index (χ2v) is 4.18. The summed E-state index contributed by atoms with van der Waals surface area (Å²) >= 11 is 0. The van der Waals surface area contributed by atoms with Gasteiger partial charge in [0.25, 0.3) is 0 Å². The molecule has 0 aliphatic carbocycles. The summed E-state index contributed by atoms with van der Waals surface area (Å²) in [6.45, 7) is 5.21. The summed E-state index contributed by atoms with van der Waals surface area (Å²) in [4.78, 5) is 4.44. The highest BCUT2D eigenvalue weighted by Crippen LogP contribution is 2.19. The first kappa shape index (κ1) is 11.0. The molecule has 1 atom stereocenters. The van der Waals surface area contributed by atoms with Crippen molar-refractivity contribution in [3.8, 4) is 0 Å². The van der Waals surface area contributed by atoms with Crippen molar-refractivity contribution in [2.45, 2.75) is 39.2 Å². The average Bonchev–Trinajstić information content (AvgIpc) is 2.90. The van der Waals surface area contributed by atoms with Gasteiger partial charge in [-0.25, -0.2) is 4.98 Å². The van der Waals surface area contributed by atoms with E-state index in [0.717, 1.165) is 18.1 Å². The van der Waals surface area contributed by atoms with Crippen LogP contribution in [0.5, 0.6) is 0 Å². The van der Waals surface area contributed by atoms with Crippen molar-refractivity contribution in [1.82, 2.24) is 9.55 Å². The molecular weight excluding hydrogens is 200 g/mol. The summed E-state index contributed by atoms with van der Waals surface area (Å²) in [5.41, 5.74) is 0. The second kappa shape index (κ2) is 5.01. The number of rotatable bonds is 5. The maximum absolute atomic E-state index is 5.35. The van der Waals surface area contributed by atoms with Crippen molar-refractivity contribution in [2.24, 2.45) is 0 Å². The number of imidazole rings is 1. The third kappa shape index (κ3) is 2.35. The van der Waals surface area contributed by atoms with Crippen LogP contribution in [-0.4, -0.2) is 9.55 Å². The van der Waals surface area contributed by atoms with E-state index in [0.29, 0.717) is 5.92 Å². The number of aromatic nitrogens is 2. The maximum Gasteiger partial charge on any atom is 0.123 e. The molecule has 0 saturated carbocycles. The van der Waals surface area contributed by atoms with Gasteiger partial charge in [-0.15, -0.1) is 0 Å². The van der Waals surface area contributed by atoms with E-state index in [1.165, 1.54) is 12.8 Å². The number of hydrogen-bond donors (Lipinski definition) is 0. The van der Waals surface area contributed by atoms with Crippen LogP contribution in [0.15, 0.2) is 35.2 Å². The first-order chi connectivity index (χ1) is 7.81. The third-order valence-corrected chi connectivity index (χ3v) is 2.82. The lowest BCUT2D eigenvalue weighted by Crippen LogP contribution is -2.07. The average molecular weight is 218 g/mol. The predicted molar refractivity (Wildman–Crippen MR) is 63.4 cm³/mol. The molecular formula is C13H18N2O. The first-order valence-electron chi connectivity index (χ1n) is 5.84. The Hall–Kier alpha value is -1.51. The summed E-state index contributed by atoms with van der Waals surface area (Å²) in [6.07, 6.45) is 7.96. The molecule has 2 aromatic rings. The molecule has 2 rings (SSSR count). The van der Waals surface area contributed by atoms with E-state index >= 15 is 0 Å². The lowest BCUT2D eigenvalue weighted by atomic mass is 10.1. The van der Waals surface area contributed by atoms with Gasteiger partial charge in [-0.1, -0.05) is 20.3 Å². The van der Waals surface area contributed by atoms with Crippen molar-refractivity contribution < 1.29 is 4.42 Å². The third-order valence-electron chi connectivity index (χ3n) is 2.82. The van der Waals surface area contributed by atoms with Gasteiger partial charge in [0.15, 0.2) is 0 Å². The highest BCUT2D eigenvalue weighted by atomic mass is 16.3. The van der Waals surface area contributed by atoms with Crippen molar-refractivity contribution in [3.63, 3.8) is 0 Å². The Morgan fingerprint density at radius 2 is 2.38 bits per heavy atom. The summed E-state index contributed by atoms with van der Waals surface area (Å²) in [7, 11) is 0. The van der Waals surface area contributed by atoms with Gasteiger partial charge in [0.05, 0.1) is 12.8 Å². The Morgan fingerprint density at radius 3 is 3.06 bits per heavy atom. The largest absolute Gasteiger partial charge is 0.467 e. The molecule has 16 heavy (non-hydrogen) atoms. The van der Waals surface area contributed by atoms with Gasteiger partial charge in [0, 0.05) is 18.3 Å². The topological polar surface area (TPSA) is 31.0 Å². The maximum atomic E-state index is 5.35. The molecule has 0 amide bonds. The normalized spacial score (nSPS) is 12.9. The molecule has 0 radical (unpaired) electrons. The second-order valence-electron chi connectivity index (χ2n) is 4.18. The van der Waals surface area contributed by atoms with Crippen molar-refractivity contribution in [3.05, 3.63) is 42.4 Å². The summed E-state index contributed by atoms with van der Waals surface area (Å²) in [5, 5.41) is 0. The molecule has 2 aromatic heterocycles. The van der Waals surface area contributed by atoms with Gasteiger partial charge in [-0.05, 0) is 18.6 Å². The van der Waals surface area contributed by atoms with Gasteiger partial charge in [-0.2, -0.15) is 0 Å². The summed E-state index contributed by atoms with van der Waals surface area (Å²) in [5.74, 6) is 2.64. The quantitative estimate of drug-likeness (QED) is 0.769. The van der Waals surface area contributed by atoms with E-state index in [1.807, 2.05) is 24.5 Å². The van der Waals surface area contributed by atoms with Crippen molar-refractivity contribution in [2.75, 3.05) is 0 Å². The molecule has 0 aliphatic rings. The molecule has 0 fully saturated rings. The van der Waals surface area contributed by atoms with Crippen LogP contribution in [0, 0.1) is 0 Å². The summed E-state index contributed by atoms with van der Waals surface area (Å²) in [6, 6.07) is 3.91. The molecule has 0 bridgehead atoms. The first-order valence-corrected chi connectivity index (χ1v) is 5.84. The molecule has 86 valence electrons.